The second-order valence-electron chi connectivity index (χ2n) is 3.50. The van der Waals surface area contributed by atoms with Crippen molar-refractivity contribution in [1.29, 1.82) is 0 Å². The maximum Gasteiger partial charge on any atom is 0.0973 e. The number of benzene rings is 1. The lowest BCUT2D eigenvalue weighted by atomic mass is 10.1. The molecule has 2 nitrogen and oxygen atoms in total. The van der Waals surface area contributed by atoms with E-state index in [9.17, 15) is 0 Å². The van der Waals surface area contributed by atoms with E-state index in [2.05, 4.69) is 40.5 Å². The van der Waals surface area contributed by atoms with Gasteiger partial charge in [0.25, 0.3) is 0 Å². The molecule has 2 aromatic rings. The summed E-state index contributed by atoms with van der Waals surface area (Å²) in [6, 6.07) is 10.5. The van der Waals surface area contributed by atoms with Crippen molar-refractivity contribution in [3.05, 3.63) is 42.1 Å². The predicted octanol–water partition coefficient (Wildman–Crippen LogP) is 2.79. The van der Waals surface area contributed by atoms with Crippen LogP contribution in [0.15, 0.2) is 41.4 Å². The maximum absolute atomic E-state index is 4.26. The second-order valence-corrected chi connectivity index (χ2v) is 4.64. The highest BCUT2D eigenvalue weighted by Gasteiger charge is 2.15. The number of hydrogen-bond acceptors (Lipinski definition) is 3. The van der Waals surface area contributed by atoms with E-state index in [1.807, 2.05) is 11.8 Å². The Bertz CT molecular complexity index is 451. The zero-order valence-electron chi connectivity index (χ0n) is 8.18. The monoisotopic (exact) mass is 214 g/mol. The van der Waals surface area contributed by atoms with Gasteiger partial charge in [-0.05, 0) is 24.1 Å². The van der Waals surface area contributed by atoms with Crippen LogP contribution in [0, 0.1) is 0 Å². The average Bonchev–Trinajstić information content (AvgIpc) is 2.48. The lowest BCUT2D eigenvalue weighted by Gasteiger charge is -2.05. The van der Waals surface area contributed by atoms with E-state index in [0.29, 0.717) is 0 Å². The zero-order chi connectivity index (χ0) is 10.1. The van der Waals surface area contributed by atoms with Crippen LogP contribution in [0.5, 0.6) is 0 Å². The third-order valence-corrected chi connectivity index (χ3v) is 3.65. The molecule has 1 aromatic heterocycles. The average molecular weight is 214 g/mol. The largest absolute Gasteiger partial charge is 0.159 e. The first kappa shape index (κ1) is 8.92. The number of fused-ring (bicyclic) bond motifs is 3. The Kier molecular flexibility index (Phi) is 2.18. The maximum atomic E-state index is 4.26. The Labute approximate surface area is 92.7 Å². The minimum Gasteiger partial charge on any atom is -0.159 e. The van der Waals surface area contributed by atoms with Crippen LogP contribution in [0.4, 0.5) is 0 Å². The van der Waals surface area contributed by atoms with Crippen molar-refractivity contribution in [2.45, 2.75) is 11.3 Å². The molecule has 1 aromatic carbocycles. The van der Waals surface area contributed by atoms with Gasteiger partial charge < -0.3 is 0 Å². The van der Waals surface area contributed by atoms with Gasteiger partial charge in [0.05, 0.1) is 5.69 Å². The highest BCUT2D eigenvalue weighted by atomic mass is 32.2. The number of aromatic nitrogens is 2. The van der Waals surface area contributed by atoms with Gasteiger partial charge in [-0.3, -0.25) is 0 Å². The van der Waals surface area contributed by atoms with E-state index < -0.39 is 0 Å². The molecule has 15 heavy (non-hydrogen) atoms. The van der Waals surface area contributed by atoms with Crippen LogP contribution in [-0.4, -0.2) is 16.0 Å². The van der Waals surface area contributed by atoms with Gasteiger partial charge in [0.2, 0.25) is 0 Å². The first-order valence-corrected chi connectivity index (χ1v) is 5.96. The normalized spacial score (nSPS) is 13.9. The van der Waals surface area contributed by atoms with Crippen LogP contribution >= 0.6 is 11.8 Å². The predicted molar refractivity (Wildman–Crippen MR) is 61.9 cm³/mol. The van der Waals surface area contributed by atoms with Gasteiger partial charge in [-0.25, -0.2) is 0 Å². The molecule has 3 heteroatoms. The fourth-order valence-electron chi connectivity index (χ4n) is 1.85. The molecule has 0 aliphatic carbocycles. The lowest BCUT2D eigenvalue weighted by Crippen LogP contribution is -1.94. The third kappa shape index (κ3) is 1.53. The van der Waals surface area contributed by atoms with Crippen LogP contribution in [0.3, 0.4) is 0 Å². The molecule has 0 fully saturated rings. The van der Waals surface area contributed by atoms with Crippen molar-refractivity contribution in [2.75, 3.05) is 5.75 Å². The van der Waals surface area contributed by atoms with Crippen LogP contribution in [0.1, 0.15) is 5.56 Å². The molecule has 0 amide bonds. The molecule has 0 spiro atoms. The molecule has 1 aliphatic heterocycles. The van der Waals surface area contributed by atoms with Gasteiger partial charge in [-0.15, -0.1) is 11.8 Å². The zero-order valence-corrected chi connectivity index (χ0v) is 9.00. The van der Waals surface area contributed by atoms with Crippen molar-refractivity contribution in [3.63, 3.8) is 0 Å². The highest BCUT2D eigenvalue weighted by Crippen LogP contribution is 2.35. The van der Waals surface area contributed by atoms with Crippen LogP contribution in [-0.2, 0) is 6.42 Å². The Hall–Kier alpha value is -1.35. The summed E-state index contributed by atoms with van der Waals surface area (Å²) >= 11 is 1.90. The molecule has 0 radical (unpaired) electrons. The SMILES string of the molecule is c1ccc2c(c1)SCCc1ccnnc1-2. The number of rotatable bonds is 0. The molecule has 0 N–H and O–H groups in total. The summed E-state index contributed by atoms with van der Waals surface area (Å²) in [4.78, 5) is 1.32. The van der Waals surface area contributed by atoms with Gasteiger partial charge in [0, 0.05) is 22.4 Å². The smallest absolute Gasteiger partial charge is 0.0973 e. The summed E-state index contributed by atoms with van der Waals surface area (Å²) in [5.74, 6) is 1.12. The van der Waals surface area contributed by atoms with Crippen molar-refractivity contribution in [2.24, 2.45) is 0 Å². The molecule has 2 heterocycles. The van der Waals surface area contributed by atoms with Gasteiger partial charge >= 0.3 is 0 Å². The van der Waals surface area contributed by atoms with E-state index in [1.165, 1.54) is 16.0 Å². The van der Waals surface area contributed by atoms with Gasteiger partial charge in [0.1, 0.15) is 0 Å². The fourth-order valence-corrected chi connectivity index (χ4v) is 2.88. The summed E-state index contributed by atoms with van der Waals surface area (Å²) in [6.07, 6.45) is 2.85. The quantitative estimate of drug-likeness (QED) is 0.674. The van der Waals surface area contributed by atoms with E-state index in [4.69, 9.17) is 0 Å². The van der Waals surface area contributed by atoms with Crippen LogP contribution < -0.4 is 0 Å². The van der Waals surface area contributed by atoms with E-state index in [0.717, 1.165) is 17.9 Å². The van der Waals surface area contributed by atoms with E-state index >= 15 is 0 Å². The van der Waals surface area contributed by atoms with Gasteiger partial charge in [0.15, 0.2) is 0 Å². The van der Waals surface area contributed by atoms with Crippen LogP contribution in [0.2, 0.25) is 0 Å². The van der Waals surface area contributed by atoms with Crippen molar-refractivity contribution in [3.8, 4) is 11.3 Å². The first-order valence-electron chi connectivity index (χ1n) is 4.98. The summed E-state index contributed by atoms with van der Waals surface area (Å²) in [5, 5.41) is 8.24. The van der Waals surface area contributed by atoms with Gasteiger partial charge in [-0.2, -0.15) is 10.2 Å². The molecule has 0 atom stereocenters. The Morgan fingerprint density at radius 1 is 1.13 bits per heavy atom. The Morgan fingerprint density at radius 2 is 2.07 bits per heavy atom. The lowest BCUT2D eigenvalue weighted by molar-refractivity contribution is 0.996. The summed E-state index contributed by atoms with van der Waals surface area (Å²) < 4.78 is 0. The number of thioether (sulfide) groups is 1. The Morgan fingerprint density at radius 3 is 3.07 bits per heavy atom. The molecule has 0 saturated heterocycles. The summed E-state index contributed by atoms with van der Waals surface area (Å²) in [6.45, 7) is 0. The second kappa shape index (κ2) is 3.66. The van der Waals surface area contributed by atoms with Crippen molar-refractivity contribution < 1.29 is 0 Å². The fraction of sp³-hybridized carbons (Fsp3) is 0.167. The Balaban J connectivity index is 2.27. The summed E-state index contributed by atoms with van der Waals surface area (Å²) in [5.41, 5.74) is 3.59. The van der Waals surface area contributed by atoms with Crippen molar-refractivity contribution in [1.82, 2.24) is 10.2 Å². The molecular weight excluding hydrogens is 204 g/mol. The van der Waals surface area contributed by atoms with Crippen LogP contribution in [0.25, 0.3) is 11.3 Å². The molecule has 0 bridgehead atoms. The molecule has 74 valence electrons. The van der Waals surface area contributed by atoms with E-state index in [1.54, 1.807) is 6.20 Å². The molecular formula is C12H10N2S. The minimum absolute atomic E-state index is 1.05. The molecule has 0 unspecified atom stereocenters. The highest BCUT2D eigenvalue weighted by molar-refractivity contribution is 7.99. The number of nitrogens with zero attached hydrogens (tertiary/aromatic N) is 2. The van der Waals surface area contributed by atoms with E-state index in [-0.39, 0.29) is 0 Å². The summed E-state index contributed by atoms with van der Waals surface area (Å²) in [7, 11) is 0. The molecule has 3 rings (SSSR count). The molecule has 1 aliphatic rings. The van der Waals surface area contributed by atoms with Gasteiger partial charge in [-0.1, -0.05) is 18.2 Å². The number of aryl methyl sites for hydroxylation is 1. The topological polar surface area (TPSA) is 25.8 Å². The third-order valence-electron chi connectivity index (χ3n) is 2.58. The standard InChI is InChI=1S/C12H10N2S/c1-2-4-11-10(3-1)12-9(6-8-15-11)5-7-13-14-12/h1-5,7H,6,8H2. The van der Waals surface area contributed by atoms with Crippen molar-refractivity contribution >= 4 is 11.8 Å². The molecule has 0 saturated carbocycles. The first-order chi connectivity index (χ1) is 7.45. The number of hydrogen-bond donors (Lipinski definition) is 0. The minimum atomic E-state index is 1.05.